The van der Waals surface area contributed by atoms with E-state index in [1.54, 1.807) is 15.4 Å². The van der Waals surface area contributed by atoms with Crippen molar-refractivity contribution in [1.82, 2.24) is 24.3 Å². The second-order valence-electron chi connectivity index (χ2n) is 7.95. The summed E-state index contributed by atoms with van der Waals surface area (Å²) in [5, 5.41) is 6.15. The summed E-state index contributed by atoms with van der Waals surface area (Å²) in [6.45, 7) is 3.21. The number of fused-ring (bicyclic) bond motifs is 2. The number of aryl methyl sites for hydroxylation is 2. The van der Waals surface area contributed by atoms with Gasteiger partial charge in [0, 0.05) is 44.6 Å². The maximum Gasteiger partial charge on any atom is 0.256 e. The molecule has 9 heteroatoms. The van der Waals surface area contributed by atoms with Gasteiger partial charge in [0.2, 0.25) is 0 Å². The largest absolute Gasteiger partial charge is 0.490 e. The van der Waals surface area contributed by atoms with Crippen LogP contribution in [0.2, 0.25) is 0 Å². The molecule has 0 saturated carbocycles. The fourth-order valence-corrected chi connectivity index (χ4v) is 4.33. The molecule has 1 aliphatic heterocycles. The monoisotopic (exact) mass is 426 g/mol. The molecule has 1 aliphatic rings. The van der Waals surface area contributed by atoms with Gasteiger partial charge in [-0.1, -0.05) is 6.07 Å². The molecule has 7 nitrogen and oxygen atoms in total. The van der Waals surface area contributed by atoms with Crippen LogP contribution in [0.15, 0.2) is 36.7 Å². The van der Waals surface area contributed by atoms with E-state index < -0.39 is 6.43 Å². The Morgan fingerprint density at radius 2 is 1.94 bits per heavy atom. The van der Waals surface area contributed by atoms with Crippen LogP contribution in [0.4, 0.5) is 14.6 Å². The fourth-order valence-electron chi connectivity index (χ4n) is 4.33. The van der Waals surface area contributed by atoms with Gasteiger partial charge in [-0.05, 0) is 25.1 Å². The van der Waals surface area contributed by atoms with Crippen LogP contribution in [-0.4, -0.2) is 49.9 Å². The van der Waals surface area contributed by atoms with E-state index in [0.717, 1.165) is 65.3 Å². The highest BCUT2D eigenvalue weighted by atomic mass is 19.3. The van der Waals surface area contributed by atoms with Crippen LogP contribution in [0.3, 0.4) is 0 Å². The lowest BCUT2D eigenvalue weighted by Crippen LogP contribution is -2.39. The third-order valence-corrected chi connectivity index (χ3v) is 5.83. The Balaban J connectivity index is 1.31. The van der Waals surface area contributed by atoms with E-state index in [1.165, 1.54) is 0 Å². The van der Waals surface area contributed by atoms with Gasteiger partial charge < -0.3 is 14.2 Å². The zero-order valence-corrected chi connectivity index (χ0v) is 17.5. The number of piperidine rings is 1. The van der Waals surface area contributed by atoms with Crippen LogP contribution in [0.25, 0.3) is 21.9 Å². The number of rotatable bonds is 5. The van der Waals surface area contributed by atoms with Gasteiger partial charge in [0.15, 0.2) is 5.65 Å². The Kier molecular flexibility index (Phi) is 4.95. The van der Waals surface area contributed by atoms with Crippen molar-refractivity contribution in [2.45, 2.75) is 38.8 Å². The first-order valence-electron chi connectivity index (χ1n) is 10.4. The third-order valence-electron chi connectivity index (χ3n) is 5.83. The zero-order valence-electron chi connectivity index (χ0n) is 17.5. The molecule has 31 heavy (non-hydrogen) atoms. The van der Waals surface area contributed by atoms with Crippen molar-refractivity contribution in [3.63, 3.8) is 0 Å². The molecule has 0 aliphatic carbocycles. The minimum atomic E-state index is -2.39. The first-order valence-corrected chi connectivity index (χ1v) is 10.4. The van der Waals surface area contributed by atoms with E-state index in [4.69, 9.17) is 4.74 Å². The van der Waals surface area contributed by atoms with Gasteiger partial charge in [-0.15, -0.1) is 0 Å². The average molecular weight is 426 g/mol. The summed E-state index contributed by atoms with van der Waals surface area (Å²) in [6.07, 6.45) is 2.88. The number of halogens is 2. The van der Waals surface area contributed by atoms with Crippen molar-refractivity contribution >= 4 is 27.8 Å². The summed E-state index contributed by atoms with van der Waals surface area (Å²) in [5.41, 5.74) is 1.60. The molecule has 0 radical (unpaired) electrons. The van der Waals surface area contributed by atoms with E-state index in [-0.39, 0.29) is 12.6 Å². The maximum absolute atomic E-state index is 12.8. The zero-order chi connectivity index (χ0) is 21.5. The average Bonchev–Trinajstić information content (AvgIpc) is 3.32. The van der Waals surface area contributed by atoms with E-state index in [9.17, 15) is 8.78 Å². The van der Waals surface area contributed by atoms with Crippen LogP contribution in [0.1, 0.15) is 18.7 Å². The number of alkyl halides is 2. The Bertz CT molecular complexity index is 1230. The highest BCUT2D eigenvalue weighted by Gasteiger charge is 2.25. The molecule has 1 aromatic carbocycles. The number of anilines is 1. The molecule has 3 aromatic heterocycles. The van der Waals surface area contributed by atoms with Crippen LogP contribution in [0.5, 0.6) is 5.75 Å². The summed E-state index contributed by atoms with van der Waals surface area (Å²) < 4.78 is 35.3. The number of aromatic nitrogens is 5. The lowest BCUT2D eigenvalue weighted by molar-refractivity contribution is 0.128. The van der Waals surface area contributed by atoms with E-state index in [2.05, 4.69) is 20.0 Å². The molecule has 4 heterocycles. The SMILES string of the molecule is Cc1nc(N2CCC(Oc3cccc4c3ccn4CC(F)F)CC2)c2cnn(C)c2n1. The van der Waals surface area contributed by atoms with E-state index >= 15 is 0 Å². The van der Waals surface area contributed by atoms with Gasteiger partial charge in [0.1, 0.15) is 23.5 Å². The number of benzene rings is 1. The molecule has 162 valence electrons. The molecule has 1 fully saturated rings. The maximum atomic E-state index is 12.8. The van der Waals surface area contributed by atoms with E-state index in [1.807, 2.05) is 44.4 Å². The quantitative estimate of drug-likeness (QED) is 0.484. The Hall–Kier alpha value is -3.23. The molecule has 0 spiro atoms. The predicted octanol–water partition coefficient (Wildman–Crippen LogP) is 3.94. The molecular formula is C22H24F2N6O. The van der Waals surface area contributed by atoms with Crippen molar-refractivity contribution < 1.29 is 13.5 Å². The summed E-state index contributed by atoms with van der Waals surface area (Å²) in [4.78, 5) is 11.4. The molecule has 4 aromatic rings. The smallest absolute Gasteiger partial charge is 0.256 e. The first kappa shape index (κ1) is 19.7. The highest BCUT2D eigenvalue weighted by molar-refractivity contribution is 5.87. The molecule has 5 rings (SSSR count). The van der Waals surface area contributed by atoms with Crippen molar-refractivity contribution in [3.05, 3.63) is 42.5 Å². The number of hydrogen-bond donors (Lipinski definition) is 0. The normalized spacial score (nSPS) is 15.5. The third kappa shape index (κ3) is 3.68. The molecule has 1 saturated heterocycles. The van der Waals surface area contributed by atoms with Gasteiger partial charge in [-0.3, -0.25) is 4.68 Å². The standard InChI is InChI=1S/C22H24F2N6O/c1-14-26-21-17(12-25-28(21)2)22(27-14)29-9-6-15(7-10-29)31-19-5-3-4-18-16(19)8-11-30(18)13-20(23)24/h3-5,8,11-12,15,20H,6-7,9-10,13H2,1-2H3. The first-order chi connectivity index (χ1) is 15.0. The summed E-state index contributed by atoms with van der Waals surface area (Å²) >= 11 is 0. The minimum Gasteiger partial charge on any atom is -0.490 e. The van der Waals surface area contributed by atoms with Gasteiger partial charge in [0.05, 0.1) is 23.6 Å². The van der Waals surface area contributed by atoms with Gasteiger partial charge in [-0.25, -0.2) is 18.7 Å². The number of hydrogen-bond acceptors (Lipinski definition) is 5. The molecule has 0 atom stereocenters. The summed E-state index contributed by atoms with van der Waals surface area (Å²) in [5.74, 6) is 2.39. The Morgan fingerprint density at radius 3 is 2.71 bits per heavy atom. The van der Waals surface area contributed by atoms with Crippen molar-refractivity contribution in [1.29, 1.82) is 0 Å². The van der Waals surface area contributed by atoms with Crippen molar-refractivity contribution in [2.24, 2.45) is 7.05 Å². The molecule has 0 N–H and O–H groups in total. The van der Waals surface area contributed by atoms with Crippen LogP contribution >= 0.6 is 0 Å². The molecular weight excluding hydrogens is 402 g/mol. The topological polar surface area (TPSA) is 61.0 Å². The molecule has 0 unspecified atom stereocenters. The lowest BCUT2D eigenvalue weighted by Gasteiger charge is -2.33. The molecule has 0 bridgehead atoms. The van der Waals surface area contributed by atoms with Gasteiger partial charge >= 0.3 is 0 Å². The predicted molar refractivity (Wildman–Crippen MR) is 115 cm³/mol. The Labute approximate surface area is 178 Å². The Morgan fingerprint density at radius 1 is 1.13 bits per heavy atom. The summed E-state index contributed by atoms with van der Waals surface area (Å²) in [6, 6.07) is 7.47. The van der Waals surface area contributed by atoms with Crippen molar-refractivity contribution in [3.8, 4) is 5.75 Å². The van der Waals surface area contributed by atoms with Gasteiger partial charge in [0.25, 0.3) is 6.43 Å². The number of ether oxygens (including phenoxy) is 1. The van der Waals surface area contributed by atoms with E-state index in [0.29, 0.717) is 0 Å². The number of nitrogens with zero attached hydrogens (tertiary/aromatic N) is 6. The highest BCUT2D eigenvalue weighted by Crippen LogP contribution is 2.31. The van der Waals surface area contributed by atoms with Crippen LogP contribution < -0.4 is 9.64 Å². The molecule has 0 amide bonds. The second kappa shape index (κ2) is 7.79. The van der Waals surface area contributed by atoms with Crippen LogP contribution in [0, 0.1) is 6.92 Å². The lowest BCUT2D eigenvalue weighted by atomic mass is 10.1. The van der Waals surface area contributed by atoms with Crippen molar-refractivity contribution in [2.75, 3.05) is 18.0 Å². The minimum absolute atomic E-state index is 0.0626. The fraction of sp³-hybridized carbons (Fsp3) is 0.409. The van der Waals surface area contributed by atoms with Crippen LogP contribution in [-0.2, 0) is 13.6 Å². The van der Waals surface area contributed by atoms with Gasteiger partial charge in [-0.2, -0.15) is 5.10 Å². The summed E-state index contributed by atoms with van der Waals surface area (Å²) in [7, 11) is 1.88. The second-order valence-corrected chi connectivity index (χ2v) is 7.95.